The third-order valence-electron chi connectivity index (χ3n) is 1.96. The molecule has 3 nitrogen and oxygen atoms in total. The Balaban J connectivity index is 2.62. The zero-order valence-electron chi connectivity index (χ0n) is 5.95. The van der Waals surface area contributed by atoms with E-state index in [2.05, 4.69) is 0 Å². The molecule has 0 heterocycles. The Kier molecular flexibility index (Phi) is 2.01. The van der Waals surface area contributed by atoms with Crippen LogP contribution in [-0.2, 0) is 9.84 Å². The summed E-state index contributed by atoms with van der Waals surface area (Å²) in [6.45, 7) is 0. The van der Waals surface area contributed by atoms with Crippen LogP contribution in [0.15, 0.2) is 0 Å². The molecule has 1 N–H and O–H groups in total. The highest BCUT2D eigenvalue weighted by molar-refractivity contribution is 7.91. The molecule has 0 amide bonds. The minimum Gasteiger partial charge on any atom is -0.393 e. The molecule has 2 atom stereocenters. The van der Waals surface area contributed by atoms with Crippen LogP contribution in [0.5, 0.6) is 0 Å². The van der Waals surface area contributed by atoms with Gasteiger partial charge in [-0.2, -0.15) is 0 Å². The highest BCUT2D eigenvalue weighted by atomic mass is 32.2. The number of hydrogen-bond donors (Lipinski definition) is 1. The molecule has 0 aromatic carbocycles. The van der Waals surface area contributed by atoms with E-state index >= 15 is 0 Å². The van der Waals surface area contributed by atoms with Gasteiger partial charge in [-0.1, -0.05) is 0 Å². The van der Waals surface area contributed by atoms with Gasteiger partial charge in [-0.25, -0.2) is 8.42 Å². The molecule has 0 aliphatic heterocycles. The van der Waals surface area contributed by atoms with Crippen molar-refractivity contribution >= 4 is 9.84 Å². The van der Waals surface area contributed by atoms with Gasteiger partial charge in [-0.15, -0.1) is 0 Å². The van der Waals surface area contributed by atoms with Crippen molar-refractivity contribution in [2.75, 3.05) is 6.26 Å². The Morgan fingerprint density at radius 2 is 2.00 bits per heavy atom. The molecule has 0 bridgehead atoms. The molecule has 0 aromatic heterocycles. The molecule has 1 aliphatic carbocycles. The van der Waals surface area contributed by atoms with Crippen molar-refractivity contribution in [3.05, 3.63) is 0 Å². The van der Waals surface area contributed by atoms with E-state index in [-0.39, 0.29) is 11.4 Å². The van der Waals surface area contributed by atoms with Crippen LogP contribution in [-0.4, -0.2) is 31.1 Å². The van der Waals surface area contributed by atoms with Gasteiger partial charge in [0.2, 0.25) is 0 Å². The molecule has 1 aliphatic rings. The molecular formula is C6H12O3S. The zero-order valence-corrected chi connectivity index (χ0v) is 6.76. The van der Waals surface area contributed by atoms with Crippen molar-refractivity contribution in [2.24, 2.45) is 0 Å². The molecule has 0 spiro atoms. The first kappa shape index (κ1) is 8.01. The first-order valence-electron chi connectivity index (χ1n) is 3.37. The summed E-state index contributed by atoms with van der Waals surface area (Å²) in [6.07, 6.45) is 2.53. The normalized spacial score (nSPS) is 34.6. The van der Waals surface area contributed by atoms with Crippen molar-refractivity contribution in [2.45, 2.75) is 30.6 Å². The van der Waals surface area contributed by atoms with Crippen LogP contribution in [0.3, 0.4) is 0 Å². The number of hydrogen-bond acceptors (Lipinski definition) is 3. The Labute approximate surface area is 61.0 Å². The second-order valence-electron chi connectivity index (χ2n) is 2.92. The lowest BCUT2D eigenvalue weighted by Gasteiger charge is -2.04. The van der Waals surface area contributed by atoms with Gasteiger partial charge in [0.25, 0.3) is 0 Å². The molecule has 10 heavy (non-hydrogen) atoms. The third-order valence-corrected chi connectivity index (χ3v) is 3.60. The summed E-state index contributed by atoms with van der Waals surface area (Å²) in [7, 11) is -2.90. The van der Waals surface area contributed by atoms with Gasteiger partial charge in [-0.05, 0) is 19.3 Å². The maximum Gasteiger partial charge on any atom is 0.150 e. The lowest BCUT2D eigenvalue weighted by Crippen LogP contribution is -2.16. The monoisotopic (exact) mass is 164 g/mol. The second kappa shape index (κ2) is 2.51. The second-order valence-corrected chi connectivity index (χ2v) is 5.24. The Bertz CT molecular complexity index is 207. The fourth-order valence-corrected chi connectivity index (χ4v) is 2.44. The lowest BCUT2D eigenvalue weighted by atomic mass is 10.3. The van der Waals surface area contributed by atoms with E-state index in [9.17, 15) is 8.42 Å². The van der Waals surface area contributed by atoms with Crippen LogP contribution in [0.4, 0.5) is 0 Å². The Morgan fingerprint density at radius 1 is 1.40 bits per heavy atom. The highest BCUT2D eigenvalue weighted by Crippen LogP contribution is 2.24. The SMILES string of the molecule is CS(=O)(=O)[C@@H]1CC[C@H](O)C1. The number of sulfone groups is 1. The quantitative estimate of drug-likeness (QED) is 0.591. The minimum atomic E-state index is -2.90. The molecule has 0 saturated heterocycles. The van der Waals surface area contributed by atoms with E-state index in [1.54, 1.807) is 0 Å². The van der Waals surface area contributed by atoms with E-state index < -0.39 is 9.84 Å². The minimum absolute atomic E-state index is 0.289. The number of aliphatic hydroxyl groups is 1. The standard InChI is InChI=1S/C6H12O3S/c1-10(8,9)6-3-2-5(7)4-6/h5-7H,2-4H2,1H3/t5-,6+/m0/s1. The average molecular weight is 164 g/mol. The third kappa shape index (κ3) is 1.70. The van der Waals surface area contributed by atoms with Crippen LogP contribution in [0, 0.1) is 0 Å². The van der Waals surface area contributed by atoms with Gasteiger partial charge in [0.05, 0.1) is 11.4 Å². The van der Waals surface area contributed by atoms with E-state index in [1.807, 2.05) is 0 Å². The van der Waals surface area contributed by atoms with Crippen LogP contribution in [0.25, 0.3) is 0 Å². The van der Waals surface area contributed by atoms with Gasteiger partial charge >= 0.3 is 0 Å². The fraction of sp³-hybridized carbons (Fsp3) is 1.00. The fourth-order valence-electron chi connectivity index (χ4n) is 1.31. The number of rotatable bonds is 1. The summed E-state index contributed by atoms with van der Waals surface area (Å²) in [6, 6.07) is 0. The van der Waals surface area contributed by atoms with E-state index in [4.69, 9.17) is 5.11 Å². The maximum atomic E-state index is 10.9. The topological polar surface area (TPSA) is 54.4 Å². The molecule has 0 unspecified atom stereocenters. The van der Waals surface area contributed by atoms with Crippen molar-refractivity contribution in [3.63, 3.8) is 0 Å². The van der Waals surface area contributed by atoms with Crippen molar-refractivity contribution in [1.29, 1.82) is 0 Å². The summed E-state index contributed by atoms with van der Waals surface area (Å²) in [5.41, 5.74) is 0. The summed E-state index contributed by atoms with van der Waals surface area (Å²) in [5, 5.41) is 8.71. The molecule has 4 heteroatoms. The van der Waals surface area contributed by atoms with Gasteiger partial charge in [0.1, 0.15) is 9.84 Å². The van der Waals surface area contributed by atoms with E-state index in [1.165, 1.54) is 6.26 Å². The van der Waals surface area contributed by atoms with Crippen LogP contribution >= 0.6 is 0 Å². The zero-order chi connectivity index (χ0) is 7.78. The molecule has 1 saturated carbocycles. The summed E-state index contributed by atoms with van der Waals surface area (Å²) < 4.78 is 21.7. The smallest absolute Gasteiger partial charge is 0.150 e. The summed E-state index contributed by atoms with van der Waals surface area (Å²) in [5.74, 6) is 0. The van der Waals surface area contributed by atoms with E-state index in [0.717, 1.165) is 0 Å². The van der Waals surface area contributed by atoms with Crippen LogP contribution in [0.1, 0.15) is 19.3 Å². The molecule has 0 radical (unpaired) electrons. The molecule has 1 fully saturated rings. The van der Waals surface area contributed by atoms with Crippen molar-refractivity contribution < 1.29 is 13.5 Å². The van der Waals surface area contributed by atoms with Gasteiger partial charge in [-0.3, -0.25) is 0 Å². The van der Waals surface area contributed by atoms with E-state index in [0.29, 0.717) is 19.3 Å². The van der Waals surface area contributed by atoms with Gasteiger partial charge in [0, 0.05) is 6.26 Å². The largest absolute Gasteiger partial charge is 0.393 e. The molecular weight excluding hydrogens is 152 g/mol. The summed E-state index contributed by atoms with van der Waals surface area (Å²) in [4.78, 5) is 0. The molecule has 1 rings (SSSR count). The number of aliphatic hydroxyl groups excluding tert-OH is 1. The summed E-state index contributed by atoms with van der Waals surface area (Å²) >= 11 is 0. The van der Waals surface area contributed by atoms with Crippen LogP contribution < -0.4 is 0 Å². The predicted molar refractivity (Wildman–Crippen MR) is 38.5 cm³/mol. The average Bonchev–Trinajstić information content (AvgIpc) is 2.11. The highest BCUT2D eigenvalue weighted by Gasteiger charge is 2.29. The first-order chi connectivity index (χ1) is 4.50. The molecule has 0 aromatic rings. The van der Waals surface area contributed by atoms with Gasteiger partial charge in [0.15, 0.2) is 0 Å². The lowest BCUT2D eigenvalue weighted by molar-refractivity contribution is 0.183. The van der Waals surface area contributed by atoms with Gasteiger partial charge < -0.3 is 5.11 Å². The first-order valence-corrected chi connectivity index (χ1v) is 5.32. The van der Waals surface area contributed by atoms with Crippen molar-refractivity contribution in [3.8, 4) is 0 Å². The Hall–Kier alpha value is -0.0900. The maximum absolute atomic E-state index is 10.9. The predicted octanol–water partition coefficient (Wildman–Crippen LogP) is -0.0556. The Morgan fingerprint density at radius 3 is 2.20 bits per heavy atom. The molecule has 60 valence electrons. The van der Waals surface area contributed by atoms with Crippen molar-refractivity contribution in [1.82, 2.24) is 0 Å². The van der Waals surface area contributed by atoms with Crippen LogP contribution in [0.2, 0.25) is 0 Å².